The molecule has 20 heavy (non-hydrogen) atoms. The zero-order chi connectivity index (χ0) is 13.7. The molecule has 106 valence electrons. The summed E-state index contributed by atoms with van der Waals surface area (Å²) in [5, 5.41) is 8.01. The van der Waals surface area contributed by atoms with E-state index in [1.807, 2.05) is 10.7 Å². The quantitative estimate of drug-likeness (QED) is 0.890. The van der Waals surface area contributed by atoms with Crippen molar-refractivity contribution < 1.29 is 0 Å². The maximum atomic E-state index is 4.68. The van der Waals surface area contributed by atoms with Gasteiger partial charge in [0.1, 0.15) is 0 Å². The first-order valence-electron chi connectivity index (χ1n) is 7.48. The lowest BCUT2D eigenvalue weighted by Gasteiger charge is -2.22. The largest absolute Gasteiger partial charge is 0.315 e. The second kappa shape index (κ2) is 4.53. The highest BCUT2D eigenvalue weighted by Crippen LogP contribution is 2.29. The van der Waals surface area contributed by atoms with Gasteiger partial charge in [0.25, 0.3) is 0 Å². The van der Waals surface area contributed by atoms with Gasteiger partial charge in [0.05, 0.1) is 6.20 Å². The topological polar surface area (TPSA) is 45.5 Å². The molecular weight excluding hydrogens is 250 g/mol. The van der Waals surface area contributed by atoms with Gasteiger partial charge in [-0.3, -0.25) is 4.90 Å². The first-order valence-corrected chi connectivity index (χ1v) is 7.48. The fourth-order valence-electron chi connectivity index (χ4n) is 3.78. The van der Waals surface area contributed by atoms with E-state index >= 15 is 0 Å². The van der Waals surface area contributed by atoms with Crippen LogP contribution in [0.25, 0.3) is 5.65 Å². The van der Waals surface area contributed by atoms with Crippen LogP contribution in [0.3, 0.4) is 0 Å². The number of rotatable bonds is 2. The first kappa shape index (κ1) is 12.3. The molecule has 0 spiro atoms. The van der Waals surface area contributed by atoms with Crippen molar-refractivity contribution in [2.45, 2.75) is 32.9 Å². The van der Waals surface area contributed by atoms with Crippen LogP contribution in [0.2, 0.25) is 0 Å². The number of nitrogens with zero attached hydrogens (tertiary/aromatic N) is 4. The van der Waals surface area contributed by atoms with Crippen molar-refractivity contribution >= 4 is 5.65 Å². The number of likely N-dealkylation sites (tertiary alicyclic amines) is 1. The Kier molecular flexibility index (Phi) is 2.79. The standard InChI is InChI=1S/C15H21N5/c1-10-5-11(2)20-15(18-10)13(7-17-20)9-19-4-3-12-6-16-8-14(12)19/h5,7,12,14,16H,3-4,6,8-9H2,1-2H3/t12-,14+/m0/s1. The van der Waals surface area contributed by atoms with Gasteiger partial charge in [0.15, 0.2) is 5.65 Å². The van der Waals surface area contributed by atoms with E-state index in [9.17, 15) is 0 Å². The zero-order valence-electron chi connectivity index (χ0n) is 12.1. The maximum Gasteiger partial charge on any atom is 0.159 e. The normalized spacial score (nSPS) is 26.5. The van der Waals surface area contributed by atoms with Crippen LogP contribution in [0.1, 0.15) is 23.4 Å². The number of aryl methyl sites for hydroxylation is 2. The number of fused-ring (bicyclic) bond motifs is 2. The van der Waals surface area contributed by atoms with E-state index in [-0.39, 0.29) is 0 Å². The highest BCUT2D eigenvalue weighted by molar-refractivity contribution is 5.48. The monoisotopic (exact) mass is 271 g/mol. The molecule has 2 aromatic rings. The number of aromatic nitrogens is 3. The summed E-state index contributed by atoms with van der Waals surface area (Å²) in [5.74, 6) is 0.841. The number of hydrogen-bond acceptors (Lipinski definition) is 4. The molecule has 0 radical (unpaired) electrons. The van der Waals surface area contributed by atoms with Crippen LogP contribution < -0.4 is 5.32 Å². The van der Waals surface area contributed by atoms with Gasteiger partial charge < -0.3 is 5.32 Å². The van der Waals surface area contributed by atoms with E-state index in [0.717, 1.165) is 36.0 Å². The number of hydrogen-bond donors (Lipinski definition) is 1. The minimum Gasteiger partial charge on any atom is -0.315 e. The van der Waals surface area contributed by atoms with Gasteiger partial charge in [-0.2, -0.15) is 5.10 Å². The summed E-state index contributed by atoms with van der Waals surface area (Å²) in [6.45, 7) is 8.64. The molecule has 0 saturated carbocycles. The summed E-state index contributed by atoms with van der Waals surface area (Å²) in [7, 11) is 0. The molecule has 2 fully saturated rings. The fourth-order valence-corrected chi connectivity index (χ4v) is 3.78. The highest BCUT2D eigenvalue weighted by atomic mass is 15.3. The van der Waals surface area contributed by atoms with Gasteiger partial charge in [-0.1, -0.05) is 0 Å². The average Bonchev–Trinajstić information content (AvgIpc) is 3.07. The van der Waals surface area contributed by atoms with E-state index in [1.165, 1.54) is 25.1 Å². The molecular formula is C15H21N5. The van der Waals surface area contributed by atoms with E-state index < -0.39 is 0 Å². The minimum atomic E-state index is 0.704. The second-order valence-corrected chi connectivity index (χ2v) is 6.19. The van der Waals surface area contributed by atoms with Crippen molar-refractivity contribution in [2.24, 2.45) is 5.92 Å². The maximum absolute atomic E-state index is 4.68. The minimum absolute atomic E-state index is 0.704. The summed E-state index contributed by atoms with van der Waals surface area (Å²) < 4.78 is 1.96. The number of nitrogens with one attached hydrogen (secondary N) is 1. The Hall–Kier alpha value is -1.46. The van der Waals surface area contributed by atoms with Gasteiger partial charge in [-0.15, -0.1) is 0 Å². The molecule has 0 aromatic carbocycles. The first-order chi connectivity index (χ1) is 9.72. The van der Waals surface area contributed by atoms with E-state index in [4.69, 9.17) is 0 Å². The molecule has 2 aromatic heterocycles. The lowest BCUT2D eigenvalue weighted by atomic mass is 10.1. The van der Waals surface area contributed by atoms with Crippen molar-refractivity contribution in [2.75, 3.05) is 19.6 Å². The summed E-state index contributed by atoms with van der Waals surface area (Å²) in [4.78, 5) is 7.28. The third kappa shape index (κ3) is 1.84. The van der Waals surface area contributed by atoms with E-state index in [0.29, 0.717) is 6.04 Å². The lowest BCUT2D eigenvalue weighted by molar-refractivity contribution is 0.244. The molecule has 5 nitrogen and oxygen atoms in total. The van der Waals surface area contributed by atoms with Crippen LogP contribution >= 0.6 is 0 Å². The molecule has 2 aliphatic heterocycles. The molecule has 1 N–H and O–H groups in total. The van der Waals surface area contributed by atoms with Gasteiger partial charge in [-0.05, 0) is 45.3 Å². The molecule has 4 rings (SSSR count). The average molecular weight is 271 g/mol. The Morgan fingerprint density at radius 3 is 3.15 bits per heavy atom. The Labute approximate surface area is 119 Å². The molecule has 0 unspecified atom stereocenters. The van der Waals surface area contributed by atoms with Gasteiger partial charge >= 0.3 is 0 Å². The predicted octanol–water partition coefficient (Wildman–Crippen LogP) is 1.14. The molecule has 4 heterocycles. The van der Waals surface area contributed by atoms with Crippen molar-refractivity contribution in [3.8, 4) is 0 Å². The SMILES string of the molecule is Cc1cc(C)n2ncc(CN3CC[C@H]4CNC[C@H]43)c2n1. The Morgan fingerprint density at radius 2 is 2.25 bits per heavy atom. The summed E-state index contributed by atoms with van der Waals surface area (Å²) in [5.41, 5.74) is 4.50. The molecule has 0 amide bonds. The van der Waals surface area contributed by atoms with Gasteiger partial charge in [0.2, 0.25) is 0 Å². The van der Waals surface area contributed by atoms with E-state index in [2.05, 4.69) is 40.2 Å². The highest BCUT2D eigenvalue weighted by Gasteiger charge is 2.37. The second-order valence-electron chi connectivity index (χ2n) is 6.19. The third-order valence-corrected chi connectivity index (χ3v) is 4.78. The van der Waals surface area contributed by atoms with Crippen molar-refractivity contribution in [1.82, 2.24) is 24.8 Å². The lowest BCUT2D eigenvalue weighted by Crippen LogP contribution is -2.33. The van der Waals surface area contributed by atoms with E-state index in [1.54, 1.807) is 0 Å². The van der Waals surface area contributed by atoms with Crippen LogP contribution in [0.15, 0.2) is 12.3 Å². The molecule has 5 heteroatoms. The summed E-state index contributed by atoms with van der Waals surface area (Å²) in [6.07, 6.45) is 3.31. The fraction of sp³-hybridized carbons (Fsp3) is 0.600. The van der Waals surface area contributed by atoms with Crippen LogP contribution in [-0.4, -0.2) is 45.2 Å². The van der Waals surface area contributed by atoms with Crippen molar-refractivity contribution in [1.29, 1.82) is 0 Å². The molecule has 2 saturated heterocycles. The molecule has 0 bridgehead atoms. The summed E-state index contributed by atoms with van der Waals surface area (Å²) >= 11 is 0. The van der Waals surface area contributed by atoms with Crippen LogP contribution in [-0.2, 0) is 6.54 Å². The van der Waals surface area contributed by atoms with Crippen LogP contribution in [0.5, 0.6) is 0 Å². The summed E-state index contributed by atoms with van der Waals surface area (Å²) in [6, 6.07) is 2.78. The zero-order valence-corrected chi connectivity index (χ0v) is 12.1. The molecule has 0 aliphatic carbocycles. The van der Waals surface area contributed by atoms with Crippen LogP contribution in [0, 0.1) is 19.8 Å². The third-order valence-electron chi connectivity index (χ3n) is 4.78. The smallest absolute Gasteiger partial charge is 0.159 e. The Morgan fingerprint density at radius 1 is 1.35 bits per heavy atom. The Balaban J connectivity index is 1.66. The molecule has 2 atom stereocenters. The molecule has 2 aliphatic rings. The van der Waals surface area contributed by atoms with Gasteiger partial charge in [0, 0.05) is 36.1 Å². The van der Waals surface area contributed by atoms with Crippen molar-refractivity contribution in [3.05, 3.63) is 29.2 Å². The van der Waals surface area contributed by atoms with Crippen LogP contribution in [0.4, 0.5) is 0 Å². The van der Waals surface area contributed by atoms with Crippen molar-refractivity contribution in [3.63, 3.8) is 0 Å². The van der Waals surface area contributed by atoms with Gasteiger partial charge in [-0.25, -0.2) is 9.50 Å². The Bertz CT molecular complexity index is 647. The predicted molar refractivity (Wildman–Crippen MR) is 77.6 cm³/mol.